The van der Waals surface area contributed by atoms with Crippen molar-refractivity contribution in [1.29, 1.82) is 0 Å². The summed E-state index contributed by atoms with van der Waals surface area (Å²) in [4.78, 5) is 0. The fraction of sp³-hybridized carbons (Fsp3) is 0.812. The number of aromatic nitrogens is 2. The van der Waals surface area contributed by atoms with Crippen LogP contribution in [0.2, 0.25) is 0 Å². The quantitative estimate of drug-likeness (QED) is 0.762. The third-order valence-corrected chi connectivity index (χ3v) is 4.34. The highest BCUT2D eigenvalue weighted by Crippen LogP contribution is 2.40. The average molecular weight is 263 g/mol. The Morgan fingerprint density at radius 1 is 1.37 bits per heavy atom. The Morgan fingerprint density at radius 3 is 2.68 bits per heavy atom. The van der Waals surface area contributed by atoms with Crippen molar-refractivity contribution in [3.05, 3.63) is 18.0 Å². The van der Waals surface area contributed by atoms with Gasteiger partial charge in [-0.15, -0.1) is 0 Å². The monoisotopic (exact) mass is 263 g/mol. The van der Waals surface area contributed by atoms with E-state index in [2.05, 4.69) is 43.0 Å². The third-order valence-electron chi connectivity index (χ3n) is 4.34. The van der Waals surface area contributed by atoms with Crippen molar-refractivity contribution in [2.45, 2.75) is 65.3 Å². The summed E-state index contributed by atoms with van der Waals surface area (Å²) in [6.07, 6.45) is 9.98. The Morgan fingerprint density at radius 2 is 2.11 bits per heavy atom. The lowest BCUT2D eigenvalue weighted by Gasteiger charge is -2.28. The van der Waals surface area contributed by atoms with Gasteiger partial charge in [0.2, 0.25) is 0 Å². The molecule has 3 nitrogen and oxygen atoms in total. The van der Waals surface area contributed by atoms with Gasteiger partial charge >= 0.3 is 0 Å². The van der Waals surface area contributed by atoms with Gasteiger partial charge in [-0.2, -0.15) is 5.10 Å². The second kappa shape index (κ2) is 6.56. The zero-order valence-electron chi connectivity index (χ0n) is 12.8. The van der Waals surface area contributed by atoms with Crippen molar-refractivity contribution in [2.24, 2.45) is 5.41 Å². The first kappa shape index (κ1) is 14.6. The molecule has 0 aromatic carbocycles. The van der Waals surface area contributed by atoms with Crippen LogP contribution >= 0.6 is 0 Å². The summed E-state index contributed by atoms with van der Waals surface area (Å²) in [7, 11) is 0. The first-order valence-corrected chi connectivity index (χ1v) is 7.90. The van der Waals surface area contributed by atoms with Crippen LogP contribution in [-0.2, 0) is 6.42 Å². The summed E-state index contributed by atoms with van der Waals surface area (Å²) in [5.41, 5.74) is 1.74. The van der Waals surface area contributed by atoms with Gasteiger partial charge in [0.15, 0.2) is 0 Å². The summed E-state index contributed by atoms with van der Waals surface area (Å²) in [5, 5.41) is 8.37. The minimum atomic E-state index is 0.464. The molecule has 0 atom stereocenters. The Bertz CT molecular complexity index is 375. The second-order valence-electron chi connectivity index (χ2n) is 6.44. The highest BCUT2D eigenvalue weighted by Gasteiger charge is 2.34. The van der Waals surface area contributed by atoms with Gasteiger partial charge in [-0.25, -0.2) is 0 Å². The molecule has 0 spiro atoms. The minimum absolute atomic E-state index is 0.464. The molecule has 0 saturated heterocycles. The molecule has 0 bridgehead atoms. The Hall–Kier alpha value is -0.830. The molecule has 108 valence electrons. The van der Waals surface area contributed by atoms with Gasteiger partial charge in [-0.05, 0) is 57.6 Å². The lowest BCUT2D eigenvalue weighted by atomic mass is 9.81. The molecule has 1 saturated carbocycles. The smallest absolute Gasteiger partial charge is 0.0630 e. The van der Waals surface area contributed by atoms with Crippen LogP contribution in [0, 0.1) is 5.41 Å². The van der Waals surface area contributed by atoms with Crippen molar-refractivity contribution < 1.29 is 0 Å². The molecule has 3 heteroatoms. The van der Waals surface area contributed by atoms with E-state index in [-0.39, 0.29) is 0 Å². The van der Waals surface area contributed by atoms with Gasteiger partial charge in [0, 0.05) is 18.8 Å². The Balaban J connectivity index is 1.99. The van der Waals surface area contributed by atoms with E-state index in [1.165, 1.54) is 37.8 Å². The maximum Gasteiger partial charge on any atom is 0.0630 e. The van der Waals surface area contributed by atoms with Gasteiger partial charge in [0.1, 0.15) is 0 Å². The fourth-order valence-electron chi connectivity index (χ4n) is 3.21. The van der Waals surface area contributed by atoms with Crippen LogP contribution in [0.25, 0.3) is 0 Å². The summed E-state index contributed by atoms with van der Waals surface area (Å²) in [6.45, 7) is 8.91. The average Bonchev–Trinajstić information content (AvgIpc) is 3.00. The Labute approximate surface area is 117 Å². The van der Waals surface area contributed by atoms with Crippen LogP contribution in [0.1, 0.15) is 64.6 Å². The lowest BCUT2D eigenvalue weighted by molar-refractivity contribution is 0.274. The molecule has 0 unspecified atom stereocenters. The molecule has 1 aliphatic carbocycles. The molecule has 1 aromatic heterocycles. The van der Waals surface area contributed by atoms with E-state index in [1.54, 1.807) is 0 Å². The highest BCUT2D eigenvalue weighted by molar-refractivity contribution is 5.05. The minimum Gasteiger partial charge on any atom is -0.316 e. The van der Waals surface area contributed by atoms with Crippen LogP contribution < -0.4 is 5.32 Å². The van der Waals surface area contributed by atoms with Crippen LogP contribution in [0.5, 0.6) is 0 Å². The van der Waals surface area contributed by atoms with Crippen molar-refractivity contribution in [1.82, 2.24) is 15.1 Å². The largest absolute Gasteiger partial charge is 0.316 e. The topological polar surface area (TPSA) is 29.9 Å². The Kier molecular flexibility index (Phi) is 5.03. The molecule has 1 N–H and O–H groups in total. The molecular weight excluding hydrogens is 234 g/mol. The van der Waals surface area contributed by atoms with Crippen molar-refractivity contribution in [3.63, 3.8) is 0 Å². The van der Waals surface area contributed by atoms with Crippen LogP contribution in [0.4, 0.5) is 0 Å². The SMILES string of the molecule is CCCNCC1(Cc2ccn(C(C)C)n2)CCCC1. The number of nitrogens with zero attached hydrogens (tertiary/aromatic N) is 2. The van der Waals surface area contributed by atoms with E-state index in [0.29, 0.717) is 11.5 Å². The zero-order chi connectivity index (χ0) is 13.7. The molecule has 19 heavy (non-hydrogen) atoms. The van der Waals surface area contributed by atoms with E-state index in [0.717, 1.165) is 19.5 Å². The van der Waals surface area contributed by atoms with Gasteiger partial charge < -0.3 is 5.32 Å². The first-order chi connectivity index (χ1) is 9.15. The van der Waals surface area contributed by atoms with Crippen LogP contribution in [0.15, 0.2) is 12.3 Å². The summed E-state index contributed by atoms with van der Waals surface area (Å²) in [6, 6.07) is 2.67. The predicted molar refractivity (Wildman–Crippen MR) is 80.4 cm³/mol. The highest BCUT2D eigenvalue weighted by atomic mass is 15.3. The standard InChI is InChI=1S/C16H29N3/c1-4-10-17-13-16(8-5-6-9-16)12-15-7-11-19(18-15)14(2)3/h7,11,14,17H,4-6,8-10,12-13H2,1-3H3. The first-order valence-electron chi connectivity index (χ1n) is 7.90. The van der Waals surface area contributed by atoms with Crippen molar-refractivity contribution in [2.75, 3.05) is 13.1 Å². The molecule has 1 heterocycles. The number of nitrogens with one attached hydrogen (secondary N) is 1. The summed E-state index contributed by atoms with van der Waals surface area (Å²) >= 11 is 0. The number of hydrogen-bond donors (Lipinski definition) is 1. The molecule has 0 radical (unpaired) electrons. The van der Waals surface area contributed by atoms with Crippen molar-refractivity contribution in [3.8, 4) is 0 Å². The second-order valence-corrected chi connectivity index (χ2v) is 6.44. The van der Waals surface area contributed by atoms with Gasteiger partial charge in [-0.3, -0.25) is 4.68 Å². The molecule has 0 aliphatic heterocycles. The predicted octanol–water partition coefficient (Wildman–Crippen LogP) is 3.57. The van der Waals surface area contributed by atoms with Gasteiger partial charge in [-0.1, -0.05) is 19.8 Å². The van der Waals surface area contributed by atoms with Gasteiger partial charge in [0.05, 0.1) is 5.69 Å². The number of hydrogen-bond acceptors (Lipinski definition) is 2. The van der Waals surface area contributed by atoms with E-state index >= 15 is 0 Å². The normalized spacial score (nSPS) is 18.3. The molecular formula is C16H29N3. The van der Waals surface area contributed by atoms with E-state index in [1.807, 2.05) is 0 Å². The molecule has 1 fully saturated rings. The molecule has 1 aliphatic rings. The molecule has 1 aromatic rings. The maximum atomic E-state index is 4.74. The van der Waals surface area contributed by atoms with E-state index in [9.17, 15) is 0 Å². The van der Waals surface area contributed by atoms with Crippen molar-refractivity contribution >= 4 is 0 Å². The fourth-order valence-corrected chi connectivity index (χ4v) is 3.21. The number of rotatable bonds is 7. The summed E-state index contributed by atoms with van der Waals surface area (Å²) < 4.78 is 2.08. The maximum absolute atomic E-state index is 4.74. The van der Waals surface area contributed by atoms with E-state index in [4.69, 9.17) is 5.10 Å². The van der Waals surface area contributed by atoms with Crippen LogP contribution in [0.3, 0.4) is 0 Å². The third kappa shape index (κ3) is 3.82. The molecule has 0 amide bonds. The van der Waals surface area contributed by atoms with Crippen LogP contribution in [-0.4, -0.2) is 22.9 Å². The lowest BCUT2D eigenvalue weighted by Crippen LogP contribution is -2.34. The zero-order valence-corrected chi connectivity index (χ0v) is 12.8. The molecule has 2 rings (SSSR count). The summed E-state index contributed by atoms with van der Waals surface area (Å²) in [5.74, 6) is 0. The van der Waals surface area contributed by atoms with E-state index < -0.39 is 0 Å². The van der Waals surface area contributed by atoms with Gasteiger partial charge in [0.25, 0.3) is 0 Å².